The van der Waals surface area contributed by atoms with E-state index in [0.717, 1.165) is 0 Å². The summed E-state index contributed by atoms with van der Waals surface area (Å²) in [5.74, 6) is 0. The molecule has 0 unspecified atom stereocenters. The van der Waals surface area contributed by atoms with Crippen LogP contribution in [0, 0.1) is 10.1 Å². The molecule has 0 amide bonds. The monoisotopic (exact) mass is 228 g/mol. The second-order valence-corrected chi connectivity index (χ2v) is 4.44. The second-order valence-electron chi connectivity index (χ2n) is 4.01. The molecule has 0 saturated carbocycles. The molecule has 0 radical (unpaired) electrons. The first-order valence-electron chi connectivity index (χ1n) is 4.53. The molecule has 0 aliphatic rings. The number of hydrogen-bond donors (Lipinski definition) is 1. The van der Waals surface area contributed by atoms with Gasteiger partial charge in [0.25, 0.3) is 5.69 Å². The summed E-state index contributed by atoms with van der Waals surface area (Å²) in [5.41, 5.74) is 5.78. The molecule has 0 aliphatic heterocycles. The molecular weight excluding hydrogens is 216 g/mol. The molecule has 1 aromatic rings. The molecule has 0 heterocycles. The van der Waals surface area contributed by atoms with Crippen LogP contribution in [0.1, 0.15) is 19.4 Å². The zero-order valence-electron chi connectivity index (χ0n) is 8.66. The average Bonchev–Trinajstić information content (AvgIpc) is 2.17. The van der Waals surface area contributed by atoms with Gasteiger partial charge in [-0.3, -0.25) is 10.1 Å². The van der Waals surface area contributed by atoms with Gasteiger partial charge in [-0.15, -0.1) is 0 Å². The molecule has 15 heavy (non-hydrogen) atoms. The summed E-state index contributed by atoms with van der Waals surface area (Å²) in [6.45, 7) is 4.03. The van der Waals surface area contributed by atoms with Crippen LogP contribution in [0.2, 0.25) is 5.02 Å². The number of rotatable bonds is 3. The molecule has 5 heteroatoms. The maximum absolute atomic E-state index is 10.8. The summed E-state index contributed by atoms with van der Waals surface area (Å²) in [5, 5.41) is 11.3. The zero-order chi connectivity index (χ0) is 11.6. The van der Waals surface area contributed by atoms with Crippen LogP contribution < -0.4 is 5.73 Å². The predicted octanol–water partition coefficient (Wildman–Crippen LogP) is 2.48. The van der Waals surface area contributed by atoms with E-state index < -0.39 is 10.3 Å². The fourth-order valence-electron chi connectivity index (χ4n) is 1.32. The Morgan fingerprint density at radius 2 is 2.13 bits per heavy atom. The minimum atomic E-state index is -0.451. The quantitative estimate of drug-likeness (QED) is 0.638. The molecule has 4 nitrogen and oxygen atoms in total. The highest BCUT2D eigenvalue weighted by Gasteiger charge is 2.27. The fourth-order valence-corrected chi connectivity index (χ4v) is 1.49. The van der Waals surface area contributed by atoms with E-state index in [4.69, 9.17) is 17.3 Å². The van der Waals surface area contributed by atoms with Crippen LogP contribution in [0.15, 0.2) is 18.2 Å². The van der Waals surface area contributed by atoms with Gasteiger partial charge in [0, 0.05) is 28.6 Å². The first kappa shape index (κ1) is 11.9. The highest BCUT2D eigenvalue weighted by atomic mass is 35.5. The van der Waals surface area contributed by atoms with E-state index >= 15 is 0 Å². The summed E-state index contributed by atoms with van der Waals surface area (Å²) in [7, 11) is 0. The summed E-state index contributed by atoms with van der Waals surface area (Å²) < 4.78 is 0. The third-order valence-electron chi connectivity index (χ3n) is 2.39. The van der Waals surface area contributed by atoms with Crippen LogP contribution in [0.4, 0.5) is 5.69 Å². The van der Waals surface area contributed by atoms with E-state index in [0.29, 0.717) is 17.1 Å². The van der Waals surface area contributed by atoms with Gasteiger partial charge >= 0.3 is 0 Å². The summed E-state index contributed by atoms with van der Waals surface area (Å²) in [4.78, 5) is 10.4. The molecule has 0 atom stereocenters. The number of nitrogens with two attached hydrogens (primary N) is 1. The number of hydrogen-bond acceptors (Lipinski definition) is 3. The lowest BCUT2D eigenvalue weighted by Crippen LogP contribution is -2.28. The minimum absolute atomic E-state index is 0.0647. The zero-order valence-corrected chi connectivity index (χ0v) is 9.41. The Morgan fingerprint density at radius 1 is 1.53 bits per heavy atom. The van der Waals surface area contributed by atoms with Crippen molar-refractivity contribution in [3.8, 4) is 0 Å². The third kappa shape index (κ3) is 2.46. The van der Waals surface area contributed by atoms with Gasteiger partial charge in [0.2, 0.25) is 0 Å². The molecule has 2 N–H and O–H groups in total. The van der Waals surface area contributed by atoms with Gasteiger partial charge in [0.15, 0.2) is 0 Å². The van der Waals surface area contributed by atoms with E-state index in [2.05, 4.69) is 0 Å². The molecule has 82 valence electrons. The lowest BCUT2D eigenvalue weighted by Gasteiger charge is -2.22. The van der Waals surface area contributed by atoms with Gasteiger partial charge < -0.3 is 5.73 Å². The normalized spacial score (nSPS) is 11.5. The van der Waals surface area contributed by atoms with Crippen molar-refractivity contribution in [1.82, 2.24) is 0 Å². The molecule has 1 rings (SSSR count). The number of benzene rings is 1. The average molecular weight is 229 g/mol. The van der Waals surface area contributed by atoms with Gasteiger partial charge in [-0.05, 0) is 12.1 Å². The number of halogens is 1. The maximum atomic E-state index is 10.8. The Bertz CT molecular complexity index is 391. The highest BCUT2D eigenvalue weighted by molar-refractivity contribution is 6.30. The standard InChI is InChI=1S/C10H13ClN2O2/c1-10(2,6-12)8-5-7(11)3-4-9(8)13(14)15/h3-5H,6,12H2,1-2H3. The van der Waals surface area contributed by atoms with Gasteiger partial charge in [0.05, 0.1) is 4.92 Å². The van der Waals surface area contributed by atoms with Crippen molar-refractivity contribution in [3.63, 3.8) is 0 Å². The van der Waals surface area contributed by atoms with E-state index in [1.165, 1.54) is 12.1 Å². The Hall–Kier alpha value is -1.13. The van der Waals surface area contributed by atoms with Crippen molar-refractivity contribution in [2.75, 3.05) is 6.54 Å². The molecule has 0 aromatic heterocycles. The van der Waals surface area contributed by atoms with Gasteiger partial charge in [-0.1, -0.05) is 25.4 Å². The van der Waals surface area contributed by atoms with Crippen LogP contribution >= 0.6 is 11.6 Å². The molecule has 0 spiro atoms. The van der Waals surface area contributed by atoms with E-state index in [1.54, 1.807) is 6.07 Å². The number of nitro groups is 1. The molecule has 0 bridgehead atoms. The van der Waals surface area contributed by atoms with Crippen LogP contribution in [0.5, 0.6) is 0 Å². The van der Waals surface area contributed by atoms with Crippen LogP contribution in [-0.4, -0.2) is 11.5 Å². The third-order valence-corrected chi connectivity index (χ3v) is 2.63. The Balaban J connectivity index is 3.37. The van der Waals surface area contributed by atoms with Crippen molar-refractivity contribution >= 4 is 17.3 Å². The van der Waals surface area contributed by atoms with Crippen molar-refractivity contribution in [1.29, 1.82) is 0 Å². The largest absolute Gasteiger partial charge is 0.330 e. The van der Waals surface area contributed by atoms with Gasteiger partial charge in [-0.25, -0.2) is 0 Å². The van der Waals surface area contributed by atoms with Crippen molar-refractivity contribution < 1.29 is 4.92 Å². The van der Waals surface area contributed by atoms with Crippen molar-refractivity contribution in [3.05, 3.63) is 38.9 Å². The van der Waals surface area contributed by atoms with E-state index in [-0.39, 0.29) is 5.69 Å². The highest BCUT2D eigenvalue weighted by Crippen LogP contribution is 2.32. The summed E-state index contributed by atoms with van der Waals surface area (Å²) in [6.07, 6.45) is 0. The Morgan fingerprint density at radius 3 is 2.60 bits per heavy atom. The summed E-state index contributed by atoms with van der Waals surface area (Å²) in [6, 6.07) is 4.53. The lowest BCUT2D eigenvalue weighted by molar-refractivity contribution is -0.386. The second kappa shape index (κ2) is 4.16. The first-order valence-corrected chi connectivity index (χ1v) is 4.91. The van der Waals surface area contributed by atoms with Crippen LogP contribution in [-0.2, 0) is 5.41 Å². The van der Waals surface area contributed by atoms with Gasteiger partial charge in [-0.2, -0.15) is 0 Å². The maximum Gasteiger partial charge on any atom is 0.273 e. The lowest BCUT2D eigenvalue weighted by atomic mass is 9.84. The molecule has 0 aliphatic carbocycles. The smallest absolute Gasteiger partial charge is 0.273 e. The molecule has 0 saturated heterocycles. The van der Waals surface area contributed by atoms with Crippen LogP contribution in [0.3, 0.4) is 0 Å². The van der Waals surface area contributed by atoms with Crippen LogP contribution in [0.25, 0.3) is 0 Å². The summed E-state index contributed by atoms with van der Waals surface area (Å²) >= 11 is 5.82. The molecule has 0 fully saturated rings. The van der Waals surface area contributed by atoms with E-state index in [1.807, 2.05) is 13.8 Å². The predicted molar refractivity (Wildman–Crippen MR) is 60.2 cm³/mol. The van der Waals surface area contributed by atoms with Crippen molar-refractivity contribution in [2.24, 2.45) is 5.73 Å². The SMILES string of the molecule is CC(C)(CN)c1cc(Cl)ccc1[N+](=O)[O-]. The molecule has 1 aromatic carbocycles. The van der Waals surface area contributed by atoms with E-state index in [9.17, 15) is 10.1 Å². The Labute approximate surface area is 93.2 Å². The Kier molecular flexibility index (Phi) is 3.31. The number of nitrogens with zero attached hydrogens (tertiary/aromatic N) is 1. The minimum Gasteiger partial charge on any atom is -0.330 e. The van der Waals surface area contributed by atoms with Gasteiger partial charge in [0.1, 0.15) is 0 Å². The molecular formula is C10H13ClN2O2. The number of nitro benzene ring substituents is 1. The topological polar surface area (TPSA) is 69.2 Å². The fraction of sp³-hybridized carbons (Fsp3) is 0.400. The van der Waals surface area contributed by atoms with Crippen molar-refractivity contribution in [2.45, 2.75) is 19.3 Å². The first-order chi connectivity index (χ1) is 6.88.